The van der Waals surface area contributed by atoms with E-state index in [1.54, 1.807) is 0 Å². The van der Waals surface area contributed by atoms with Crippen molar-refractivity contribution in [1.29, 1.82) is 0 Å². The van der Waals surface area contributed by atoms with Crippen LogP contribution in [0.1, 0.15) is 59.9 Å². The minimum atomic E-state index is -0.717. The van der Waals surface area contributed by atoms with Crippen molar-refractivity contribution in [1.82, 2.24) is 9.38 Å². The Hall–Kier alpha value is -4.84. The molecule has 39 heavy (non-hydrogen) atoms. The van der Waals surface area contributed by atoms with E-state index in [1.165, 1.54) is 68.8 Å². The van der Waals surface area contributed by atoms with Gasteiger partial charge in [-0.3, -0.25) is 14.4 Å². The van der Waals surface area contributed by atoms with E-state index >= 15 is 0 Å². The monoisotopic (exact) mass is 548 g/mol. The highest BCUT2D eigenvalue weighted by molar-refractivity contribution is 7.19. The van der Waals surface area contributed by atoms with Crippen molar-refractivity contribution in [3.63, 3.8) is 0 Å². The summed E-state index contributed by atoms with van der Waals surface area (Å²) < 4.78 is 10.5. The molecule has 0 saturated heterocycles. The molecule has 2 aromatic heterocycles. The Balaban J connectivity index is 1.72. The highest BCUT2D eigenvalue weighted by Gasteiger charge is 2.27. The largest absolute Gasteiger partial charge is 0.465 e. The molecule has 11 nitrogen and oxygen atoms in total. The molecule has 0 radical (unpaired) electrons. The highest BCUT2D eigenvalue weighted by atomic mass is 32.1. The van der Waals surface area contributed by atoms with Crippen LogP contribution in [0.2, 0.25) is 0 Å². The summed E-state index contributed by atoms with van der Waals surface area (Å²) in [5, 5.41) is 5.36. The number of thiazole rings is 1. The fraction of sp³-hybridized carbons (Fsp3) is 0.185. The zero-order valence-corrected chi connectivity index (χ0v) is 22.1. The summed E-state index contributed by atoms with van der Waals surface area (Å²) >= 11 is 0.909. The molecule has 0 aliphatic heterocycles. The maximum Gasteiger partial charge on any atom is 0.337 e. The van der Waals surface area contributed by atoms with Crippen LogP contribution in [0.4, 0.5) is 11.4 Å². The van der Waals surface area contributed by atoms with Crippen molar-refractivity contribution in [2.75, 3.05) is 24.9 Å². The van der Waals surface area contributed by atoms with Crippen LogP contribution in [-0.4, -0.2) is 47.4 Å². The standard InChI is InChI=1S/C27H24N4O7S/c1-4-5-19-14-20(32)31-21(23(33)28-17-10-6-15(7-11-17)25(35)37-2)22(39-27(31)30-19)24(34)29-18-12-8-16(9-13-18)26(36)38-3/h6-14H,4-5H2,1-3H3,(H,28,33)(H,29,34). The van der Waals surface area contributed by atoms with E-state index in [4.69, 9.17) is 0 Å². The Kier molecular flexibility index (Phi) is 8.15. The Morgan fingerprint density at radius 3 is 1.85 bits per heavy atom. The van der Waals surface area contributed by atoms with Gasteiger partial charge in [0.05, 0.1) is 25.3 Å². The van der Waals surface area contributed by atoms with E-state index < -0.39 is 29.3 Å². The summed E-state index contributed by atoms with van der Waals surface area (Å²) in [6.45, 7) is 1.95. The molecule has 0 saturated carbocycles. The molecule has 4 rings (SSSR count). The van der Waals surface area contributed by atoms with Crippen molar-refractivity contribution in [2.24, 2.45) is 0 Å². The minimum absolute atomic E-state index is 0.0334. The summed E-state index contributed by atoms with van der Waals surface area (Å²) in [6, 6.07) is 13.3. The maximum atomic E-state index is 13.4. The minimum Gasteiger partial charge on any atom is -0.465 e. The van der Waals surface area contributed by atoms with E-state index in [9.17, 15) is 24.0 Å². The van der Waals surface area contributed by atoms with Crippen molar-refractivity contribution >= 4 is 51.4 Å². The Morgan fingerprint density at radius 2 is 1.36 bits per heavy atom. The Morgan fingerprint density at radius 1 is 0.846 bits per heavy atom. The maximum absolute atomic E-state index is 13.4. The molecule has 0 bridgehead atoms. The van der Waals surface area contributed by atoms with Crippen LogP contribution in [0.3, 0.4) is 0 Å². The van der Waals surface area contributed by atoms with Crippen LogP contribution < -0.4 is 16.2 Å². The van der Waals surface area contributed by atoms with Gasteiger partial charge in [0.25, 0.3) is 17.4 Å². The van der Waals surface area contributed by atoms with E-state index in [0.29, 0.717) is 34.6 Å². The SMILES string of the molecule is CCCc1cc(=O)n2c(C(=O)Nc3ccc(C(=O)OC)cc3)c(C(=O)Nc3ccc(C(=O)OC)cc3)sc2n1. The number of hydrogen-bond acceptors (Lipinski definition) is 9. The van der Waals surface area contributed by atoms with Gasteiger partial charge in [0, 0.05) is 23.1 Å². The number of fused-ring (bicyclic) bond motifs is 1. The fourth-order valence-electron chi connectivity index (χ4n) is 3.76. The number of anilines is 2. The lowest BCUT2D eigenvalue weighted by Gasteiger charge is -2.09. The molecule has 0 atom stereocenters. The molecule has 4 aromatic rings. The molecule has 0 fully saturated rings. The second-order valence-electron chi connectivity index (χ2n) is 8.28. The van der Waals surface area contributed by atoms with Gasteiger partial charge in [-0.1, -0.05) is 24.7 Å². The summed E-state index contributed by atoms with van der Waals surface area (Å²) in [6.07, 6.45) is 1.32. The number of carbonyl (C=O) groups is 4. The first-order valence-corrected chi connectivity index (χ1v) is 12.6. The Labute approximate surface area is 226 Å². The fourth-order valence-corrected chi connectivity index (χ4v) is 4.80. The van der Waals surface area contributed by atoms with Gasteiger partial charge in [0.1, 0.15) is 10.6 Å². The summed E-state index contributed by atoms with van der Waals surface area (Å²) in [7, 11) is 2.53. The molecular formula is C27H24N4O7S. The number of esters is 2. The van der Waals surface area contributed by atoms with Crippen molar-refractivity contribution in [2.45, 2.75) is 19.8 Å². The van der Waals surface area contributed by atoms with Gasteiger partial charge in [0.2, 0.25) is 0 Å². The van der Waals surface area contributed by atoms with E-state index in [2.05, 4.69) is 25.1 Å². The smallest absolute Gasteiger partial charge is 0.337 e. The van der Waals surface area contributed by atoms with Gasteiger partial charge < -0.3 is 20.1 Å². The van der Waals surface area contributed by atoms with E-state index in [0.717, 1.165) is 22.2 Å². The van der Waals surface area contributed by atoms with Gasteiger partial charge in [-0.25, -0.2) is 19.0 Å². The van der Waals surface area contributed by atoms with Gasteiger partial charge in [-0.15, -0.1) is 0 Å². The van der Waals surface area contributed by atoms with Gasteiger partial charge in [-0.05, 0) is 55.0 Å². The van der Waals surface area contributed by atoms with Crippen LogP contribution in [-0.2, 0) is 15.9 Å². The molecule has 2 amide bonds. The topological polar surface area (TPSA) is 145 Å². The molecule has 200 valence electrons. The molecule has 0 spiro atoms. The second-order valence-corrected chi connectivity index (χ2v) is 9.26. The van der Waals surface area contributed by atoms with Crippen LogP contribution in [0, 0.1) is 0 Å². The molecule has 0 aliphatic carbocycles. The van der Waals surface area contributed by atoms with Crippen LogP contribution in [0.5, 0.6) is 0 Å². The first-order valence-electron chi connectivity index (χ1n) is 11.8. The molecule has 0 unspecified atom stereocenters. The van der Waals surface area contributed by atoms with Crippen LogP contribution in [0.15, 0.2) is 59.4 Å². The van der Waals surface area contributed by atoms with Gasteiger partial charge >= 0.3 is 11.9 Å². The van der Waals surface area contributed by atoms with E-state index in [-0.39, 0.29) is 15.5 Å². The number of rotatable bonds is 8. The molecule has 2 heterocycles. The van der Waals surface area contributed by atoms with E-state index in [1.807, 2.05) is 6.92 Å². The number of hydrogen-bond donors (Lipinski definition) is 2. The number of benzene rings is 2. The zero-order valence-electron chi connectivity index (χ0n) is 21.3. The van der Waals surface area contributed by atoms with Crippen LogP contribution in [0.25, 0.3) is 4.96 Å². The summed E-state index contributed by atoms with van der Waals surface area (Å²) in [4.78, 5) is 67.9. The molecular weight excluding hydrogens is 524 g/mol. The average molecular weight is 549 g/mol. The number of carbonyl (C=O) groups excluding carboxylic acids is 4. The summed E-state index contributed by atoms with van der Waals surface area (Å²) in [5.74, 6) is -2.41. The number of nitrogens with zero attached hydrogens (tertiary/aromatic N) is 2. The predicted molar refractivity (Wildman–Crippen MR) is 145 cm³/mol. The normalized spacial score (nSPS) is 10.6. The van der Waals surface area contributed by atoms with Crippen molar-refractivity contribution < 1.29 is 28.7 Å². The first kappa shape index (κ1) is 27.2. The van der Waals surface area contributed by atoms with Crippen LogP contribution >= 0.6 is 11.3 Å². The number of aromatic nitrogens is 2. The quantitative estimate of drug-likeness (QED) is 0.317. The lowest BCUT2D eigenvalue weighted by Crippen LogP contribution is -2.25. The third kappa shape index (κ3) is 5.85. The molecule has 2 aromatic carbocycles. The molecule has 2 N–H and O–H groups in total. The highest BCUT2D eigenvalue weighted by Crippen LogP contribution is 2.25. The number of methoxy groups -OCH3 is 2. The predicted octanol–water partition coefficient (Wildman–Crippen LogP) is 3.79. The van der Waals surface area contributed by atoms with Gasteiger partial charge in [-0.2, -0.15) is 0 Å². The number of ether oxygens (including phenoxy) is 2. The average Bonchev–Trinajstić information content (AvgIpc) is 3.33. The number of nitrogens with one attached hydrogen (secondary N) is 2. The summed E-state index contributed by atoms with van der Waals surface area (Å²) in [5.41, 5.74) is 1.17. The second kappa shape index (κ2) is 11.7. The molecule has 0 aliphatic rings. The lowest BCUT2D eigenvalue weighted by atomic mass is 10.2. The molecule has 12 heteroatoms. The van der Waals surface area contributed by atoms with Crippen molar-refractivity contribution in [3.8, 4) is 0 Å². The van der Waals surface area contributed by atoms with Gasteiger partial charge in [0.15, 0.2) is 4.96 Å². The number of aryl methyl sites for hydroxylation is 1. The van der Waals surface area contributed by atoms with Crippen molar-refractivity contribution in [3.05, 3.63) is 92.3 Å². The first-order chi connectivity index (χ1) is 18.7. The third-order valence-electron chi connectivity index (χ3n) is 5.63. The Bertz CT molecular complexity index is 1620. The number of amides is 2. The lowest BCUT2D eigenvalue weighted by molar-refractivity contribution is 0.0592. The third-order valence-corrected chi connectivity index (χ3v) is 6.67. The zero-order chi connectivity index (χ0) is 28.1.